The lowest BCUT2D eigenvalue weighted by Gasteiger charge is -2.04. The lowest BCUT2D eigenvalue weighted by Crippen LogP contribution is -2.15. The molecule has 1 aromatic rings. The lowest BCUT2D eigenvalue weighted by molar-refractivity contribution is 0.654. The number of aromatic amines is 1. The molecule has 0 aliphatic rings. The van der Waals surface area contributed by atoms with Crippen molar-refractivity contribution in [1.82, 2.24) is 15.2 Å². The fourth-order valence-electron chi connectivity index (χ4n) is 1.15. The number of H-pyrrole nitrogens is 1. The SMILES string of the molecule is CCC(/C=N/Nc1nnc(C)c(=O)[nH]1)CC. The molecule has 6 heteroatoms. The first-order valence-corrected chi connectivity index (χ1v) is 5.40. The summed E-state index contributed by atoms with van der Waals surface area (Å²) in [5.74, 6) is 0.704. The van der Waals surface area contributed by atoms with E-state index < -0.39 is 0 Å². The highest BCUT2D eigenvalue weighted by Crippen LogP contribution is 2.03. The lowest BCUT2D eigenvalue weighted by atomic mass is 10.1. The largest absolute Gasteiger partial charge is 0.288 e. The second-order valence-electron chi connectivity index (χ2n) is 3.55. The number of aryl methyl sites for hydroxylation is 1. The Hall–Kier alpha value is -1.72. The van der Waals surface area contributed by atoms with Gasteiger partial charge < -0.3 is 0 Å². The average Bonchev–Trinajstić information content (AvgIpc) is 2.29. The molecule has 2 N–H and O–H groups in total. The van der Waals surface area contributed by atoms with Gasteiger partial charge in [0.05, 0.1) is 0 Å². The molecule has 6 nitrogen and oxygen atoms in total. The fraction of sp³-hybridized carbons (Fsp3) is 0.600. The van der Waals surface area contributed by atoms with Crippen molar-refractivity contribution in [1.29, 1.82) is 0 Å². The van der Waals surface area contributed by atoms with Gasteiger partial charge in [0.2, 0.25) is 5.95 Å². The van der Waals surface area contributed by atoms with Crippen LogP contribution in [-0.4, -0.2) is 21.4 Å². The van der Waals surface area contributed by atoms with Crippen LogP contribution in [0.5, 0.6) is 0 Å². The van der Waals surface area contributed by atoms with Crippen molar-refractivity contribution >= 4 is 12.2 Å². The van der Waals surface area contributed by atoms with E-state index in [4.69, 9.17) is 0 Å². The second kappa shape index (κ2) is 5.99. The van der Waals surface area contributed by atoms with Gasteiger partial charge in [0, 0.05) is 6.21 Å². The standard InChI is InChI=1S/C10H17N5O/c1-4-8(5-2)6-11-14-10-12-9(16)7(3)13-15-10/h6,8H,4-5H2,1-3H3,(H2,12,14,15,16)/b11-6+. The molecule has 1 aromatic heterocycles. The zero-order valence-electron chi connectivity index (χ0n) is 9.82. The van der Waals surface area contributed by atoms with Crippen molar-refractivity contribution < 1.29 is 0 Å². The number of rotatable bonds is 5. The summed E-state index contributed by atoms with van der Waals surface area (Å²) in [6, 6.07) is 0. The zero-order valence-corrected chi connectivity index (χ0v) is 9.82. The van der Waals surface area contributed by atoms with E-state index in [1.807, 2.05) is 6.21 Å². The monoisotopic (exact) mass is 223 g/mol. The van der Waals surface area contributed by atoms with Gasteiger partial charge in [-0.25, -0.2) is 5.43 Å². The van der Waals surface area contributed by atoms with Crippen LogP contribution in [0.15, 0.2) is 9.90 Å². The second-order valence-corrected chi connectivity index (χ2v) is 3.55. The minimum absolute atomic E-state index is 0.254. The van der Waals surface area contributed by atoms with Gasteiger partial charge in [0.15, 0.2) is 0 Å². The number of anilines is 1. The number of nitrogens with one attached hydrogen (secondary N) is 2. The van der Waals surface area contributed by atoms with Gasteiger partial charge >= 0.3 is 0 Å². The number of hydrazone groups is 1. The van der Waals surface area contributed by atoms with Crippen molar-refractivity contribution in [2.75, 3.05) is 5.43 Å². The third-order valence-corrected chi connectivity index (χ3v) is 2.37. The van der Waals surface area contributed by atoms with Crippen LogP contribution in [0.2, 0.25) is 0 Å². The molecule has 0 spiro atoms. The Balaban J connectivity index is 2.61. The molecule has 0 bridgehead atoms. The van der Waals surface area contributed by atoms with Gasteiger partial charge in [0.1, 0.15) is 5.69 Å². The molecular weight excluding hydrogens is 206 g/mol. The molecular formula is C10H17N5O. The highest BCUT2D eigenvalue weighted by Gasteiger charge is 1.99. The smallest absolute Gasteiger partial charge is 0.274 e. The van der Waals surface area contributed by atoms with Crippen LogP contribution in [0.25, 0.3) is 0 Å². The van der Waals surface area contributed by atoms with Crippen molar-refractivity contribution in [3.8, 4) is 0 Å². The fourth-order valence-corrected chi connectivity index (χ4v) is 1.15. The summed E-state index contributed by atoms with van der Waals surface area (Å²) in [5, 5.41) is 11.5. The molecule has 0 fully saturated rings. The Morgan fingerprint density at radius 1 is 1.44 bits per heavy atom. The van der Waals surface area contributed by atoms with Crippen LogP contribution < -0.4 is 11.0 Å². The number of hydrogen-bond acceptors (Lipinski definition) is 5. The summed E-state index contributed by atoms with van der Waals surface area (Å²) in [5.41, 5.74) is 2.74. The van der Waals surface area contributed by atoms with Crippen LogP contribution in [0, 0.1) is 12.8 Å². The summed E-state index contributed by atoms with van der Waals surface area (Å²) in [6.45, 7) is 5.81. The quantitative estimate of drug-likeness (QED) is 0.582. The highest BCUT2D eigenvalue weighted by atomic mass is 16.1. The maximum Gasteiger partial charge on any atom is 0.274 e. The maximum absolute atomic E-state index is 11.2. The molecule has 0 atom stereocenters. The first kappa shape index (κ1) is 12.4. The number of hydrogen-bond donors (Lipinski definition) is 2. The normalized spacial score (nSPS) is 11.2. The molecule has 0 radical (unpaired) electrons. The third-order valence-electron chi connectivity index (χ3n) is 2.37. The van der Waals surface area contributed by atoms with Crippen LogP contribution in [0.3, 0.4) is 0 Å². The summed E-state index contributed by atoms with van der Waals surface area (Å²) < 4.78 is 0. The van der Waals surface area contributed by atoms with Crippen LogP contribution in [0.4, 0.5) is 5.95 Å². The van der Waals surface area contributed by atoms with Gasteiger partial charge in [-0.2, -0.15) is 5.10 Å². The van der Waals surface area contributed by atoms with Gasteiger partial charge in [-0.15, -0.1) is 10.2 Å². The molecule has 0 saturated heterocycles. The Morgan fingerprint density at radius 2 is 2.12 bits per heavy atom. The molecule has 0 aliphatic heterocycles. The van der Waals surface area contributed by atoms with Gasteiger partial charge in [0.25, 0.3) is 5.56 Å². The van der Waals surface area contributed by atoms with Gasteiger partial charge in [-0.05, 0) is 25.7 Å². The van der Waals surface area contributed by atoms with Crippen molar-refractivity contribution in [3.63, 3.8) is 0 Å². The van der Waals surface area contributed by atoms with Crippen LogP contribution >= 0.6 is 0 Å². The molecule has 0 aromatic carbocycles. The molecule has 0 aliphatic carbocycles. The first-order chi connectivity index (χ1) is 7.67. The van der Waals surface area contributed by atoms with Gasteiger partial charge in [-0.3, -0.25) is 9.78 Å². The third kappa shape index (κ3) is 3.45. The highest BCUT2D eigenvalue weighted by molar-refractivity contribution is 5.61. The van der Waals surface area contributed by atoms with Crippen LogP contribution in [0.1, 0.15) is 32.4 Å². The summed E-state index contributed by atoms with van der Waals surface area (Å²) >= 11 is 0. The Bertz CT molecular complexity index is 408. The van der Waals surface area contributed by atoms with E-state index >= 15 is 0 Å². The Kier molecular flexibility index (Phi) is 4.63. The van der Waals surface area contributed by atoms with Gasteiger partial charge in [-0.1, -0.05) is 13.8 Å². The van der Waals surface area contributed by atoms with Crippen molar-refractivity contribution in [2.24, 2.45) is 11.0 Å². The molecule has 1 rings (SSSR count). The van der Waals surface area contributed by atoms with E-state index in [-0.39, 0.29) is 11.5 Å². The number of aromatic nitrogens is 3. The van der Waals surface area contributed by atoms with E-state index in [0.29, 0.717) is 11.6 Å². The van der Waals surface area contributed by atoms with E-state index in [1.54, 1.807) is 6.92 Å². The molecule has 88 valence electrons. The first-order valence-electron chi connectivity index (χ1n) is 5.40. The number of nitrogens with zero attached hydrogens (tertiary/aromatic N) is 3. The zero-order chi connectivity index (χ0) is 12.0. The molecule has 0 unspecified atom stereocenters. The predicted molar refractivity (Wildman–Crippen MR) is 63.6 cm³/mol. The van der Waals surface area contributed by atoms with Crippen LogP contribution in [-0.2, 0) is 0 Å². The molecule has 1 heterocycles. The minimum atomic E-state index is -0.254. The molecule has 0 saturated carbocycles. The van der Waals surface area contributed by atoms with Crippen molar-refractivity contribution in [3.05, 3.63) is 16.0 Å². The van der Waals surface area contributed by atoms with E-state index in [9.17, 15) is 4.79 Å². The van der Waals surface area contributed by atoms with E-state index in [0.717, 1.165) is 12.8 Å². The Morgan fingerprint density at radius 3 is 2.69 bits per heavy atom. The van der Waals surface area contributed by atoms with Crippen molar-refractivity contribution in [2.45, 2.75) is 33.6 Å². The molecule has 16 heavy (non-hydrogen) atoms. The minimum Gasteiger partial charge on any atom is -0.288 e. The topological polar surface area (TPSA) is 83.0 Å². The van der Waals surface area contributed by atoms with E-state index in [1.165, 1.54) is 0 Å². The molecule has 0 amide bonds. The Labute approximate surface area is 94.2 Å². The average molecular weight is 223 g/mol. The maximum atomic E-state index is 11.2. The predicted octanol–water partition coefficient (Wildman–Crippen LogP) is 1.31. The summed E-state index contributed by atoms with van der Waals surface area (Å²) in [4.78, 5) is 13.7. The summed E-state index contributed by atoms with van der Waals surface area (Å²) in [6.07, 6.45) is 3.90. The van der Waals surface area contributed by atoms with E-state index in [2.05, 4.69) is 39.6 Å². The summed E-state index contributed by atoms with van der Waals surface area (Å²) in [7, 11) is 0.